The van der Waals surface area contributed by atoms with E-state index in [9.17, 15) is 4.79 Å². The predicted octanol–water partition coefficient (Wildman–Crippen LogP) is 1.74. The van der Waals surface area contributed by atoms with Gasteiger partial charge in [0.2, 0.25) is 0 Å². The summed E-state index contributed by atoms with van der Waals surface area (Å²) in [6.45, 7) is 8.67. The molecule has 2 aromatic rings. The van der Waals surface area contributed by atoms with Crippen LogP contribution in [0.3, 0.4) is 0 Å². The van der Waals surface area contributed by atoms with Crippen molar-refractivity contribution >= 4 is 23.0 Å². The Morgan fingerprint density at radius 3 is 2.64 bits per heavy atom. The van der Waals surface area contributed by atoms with Gasteiger partial charge in [-0.25, -0.2) is 15.0 Å². The smallest absolute Gasteiger partial charge is 0.308 e. The van der Waals surface area contributed by atoms with Crippen molar-refractivity contribution in [1.82, 2.24) is 24.4 Å². The van der Waals surface area contributed by atoms with Gasteiger partial charge in [-0.3, -0.25) is 14.3 Å². The van der Waals surface area contributed by atoms with Gasteiger partial charge in [0.15, 0.2) is 23.5 Å². The minimum Gasteiger partial charge on any atom is -0.469 e. The second-order valence-electron chi connectivity index (χ2n) is 9.48. The highest BCUT2D eigenvalue weighted by Gasteiger charge is 2.49. The van der Waals surface area contributed by atoms with Gasteiger partial charge >= 0.3 is 5.97 Å². The molecular formula is C22H34N6O5. The number of carbonyl (C=O) groups is 1. The Bertz CT molecular complexity index is 989. The van der Waals surface area contributed by atoms with E-state index in [1.807, 2.05) is 18.4 Å². The van der Waals surface area contributed by atoms with E-state index < -0.39 is 18.1 Å². The van der Waals surface area contributed by atoms with Gasteiger partial charge in [-0.05, 0) is 40.5 Å². The van der Waals surface area contributed by atoms with Crippen LogP contribution in [-0.4, -0.2) is 81.2 Å². The molecule has 33 heavy (non-hydrogen) atoms. The molecule has 0 spiro atoms. The highest BCUT2D eigenvalue weighted by Crippen LogP contribution is 2.40. The fourth-order valence-electron chi connectivity index (χ4n) is 4.82. The van der Waals surface area contributed by atoms with E-state index in [4.69, 9.17) is 24.7 Å². The molecule has 0 amide bonds. The molecule has 1 aliphatic carbocycles. The molecule has 1 aliphatic heterocycles. The molecule has 0 bridgehead atoms. The van der Waals surface area contributed by atoms with Crippen molar-refractivity contribution in [3.05, 3.63) is 12.7 Å². The summed E-state index contributed by atoms with van der Waals surface area (Å²) in [5.41, 5.74) is 7.07. The van der Waals surface area contributed by atoms with Crippen molar-refractivity contribution in [1.29, 1.82) is 0 Å². The van der Waals surface area contributed by atoms with Crippen LogP contribution >= 0.6 is 0 Å². The average molecular weight is 463 g/mol. The van der Waals surface area contributed by atoms with Crippen molar-refractivity contribution in [2.75, 3.05) is 26.5 Å². The lowest BCUT2D eigenvalue weighted by Gasteiger charge is -2.45. The number of rotatable bonds is 8. The molecule has 0 aromatic carbocycles. The summed E-state index contributed by atoms with van der Waals surface area (Å²) in [5.74, 6) is -0.688. The Hall–Kier alpha value is -2.34. The van der Waals surface area contributed by atoms with Crippen molar-refractivity contribution < 1.29 is 23.7 Å². The summed E-state index contributed by atoms with van der Waals surface area (Å²) in [4.78, 5) is 27.0. The molecule has 3 heterocycles. The van der Waals surface area contributed by atoms with E-state index in [0.717, 1.165) is 12.8 Å². The van der Waals surface area contributed by atoms with Crippen LogP contribution in [0.15, 0.2) is 12.7 Å². The standard InChI is InChI=1S/C22H34N6O5/c1-12(2)27(14-7-13(8-14)21(29)31-6)9-15(30-5)17-20(33-22(3,4)32-17)28-11-26-16-18(23)24-10-25-19(16)28/h10-15,17,20H,7-9H2,1-6H3,(H2,23,24,25)/t13-,14-,15-,17-,20-/m1/s1. The summed E-state index contributed by atoms with van der Waals surface area (Å²) in [6, 6.07) is 0.545. The normalized spacial score (nSPS) is 27.8. The van der Waals surface area contributed by atoms with E-state index in [1.165, 1.54) is 13.4 Å². The lowest BCUT2D eigenvalue weighted by atomic mass is 9.78. The number of nitrogens with two attached hydrogens (primary N) is 1. The second-order valence-corrected chi connectivity index (χ2v) is 9.48. The number of nitrogens with zero attached hydrogens (tertiary/aromatic N) is 5. The lowest BCUT2D eigenvalue weighted by molar-refractivity contribution is -0.164. The first-order valence-electron chi connectivity index (χ1n) is 11.3. The van der Waals surface area contributed by atoms with Gasteiger partial charge in [-0.2, -0.15) is 0 Å². The minimum atomic E-state index is -0.823. The summed E-state index contributed by atoms with van der Waals surface area (Å²) in [7, 11) is 3.12. The van der Waals surface area contributed by atoms with E-state index >= 15 is 0 Å². The number of esters is 1. The topological polar surface area (TPSA) is 127 Å². The molecule has 182 valence electrons. The van der Waals surface area contributed by atoms with Crippen molar-refractivity contribution in [2.24, 2.45) is 5.92 Å². The van der Waals surface area contributed by atoms with Crippen LogP contribution in [0, 0.1) is 5.92 Å². The monoisotopic (exact) mass is 462 g/mol. The van der Waals surface area contributed by atoms with Crippen LogP contribution in [-0.2, 0) is 23.7 Å². The van der Waals surface area contributed by atoms with Gasteiger partial charge in [0, 0.05) is 25.7 Å². The van der Waals surface area contributed by atoms with E-state index in [1.54, 1.807) is 13.4 Å². The summed E-state index contributed by atoms with van der Waals surface area (Å²) < 4.78 is 25.3. The number of methoxy groups -OCH3 is 2. The molecule has 2 aliphatic rings. The number of imidazole rings is 1. The maximum Gasteiger partial charge on any atom is 0.308 e. The fraction of sp³-hybridized carbons (Fsp3) is 0.727. The average Bonchev–Trinajstić information content (AvgIpc) is 3.30. The maximum atomic E-state index is 11.9. The van der Waals surface area contributed by atoms with E-state index in [0.29, 0.717) is 23.5 Å². The second kappa shape index (κ2) is 9.13. The number of hydrogen-bond donors (Lipinski definition) is 1. The van der Waals surface area contributed by atoms with Gasteiger partial charge in [0.25, 0.3) is 0 Å². The number of carbonyl (C=O) groups excluding carboxylic acids is 1. The SMILES string of the molecule is COC(=O)[C@H]1C[C@H](N(C[C@@H](OC)[C@H]2OC(C)(C)O[C@H]2n2cnc3c(N)ncnc32)C(C)C)C1. The molecule has 11 heteroatoms. The Morgan fingerprint density at radius 1 is 1.27 bits per heavy atom. The molecule has 4 rings (SSSR count). The third kappa shape index (κ3) is 4.54. The fourth-order valence-corrected chi connectivity index (χ4v) is 4.82. The van der Waals surface area contributed by atoms with Crippen molar-refractivity contribution in [3.63, 3.8) is 0 Å². The largest absolute Gasteiger partial charge is 0.469 e. The van der Waals surface area contributed by atoms with E-state index in [2.05, 4.69) is 33.7 Å². The molecule has 0 radical (unpaired) electrons. The number of anilines is 1. The number of hydrogen-bond acceptors (Lipinski definition) is 10. The van der Waals surface area contributed by atoms with Crippen LogP contribution < -0.4 is 5.73 Å². The Morgan fingerprint density at radius 2 is 2.00 bits per heavy atom. The van der Waals surface area contributed by atoms with Gasteiger partial charge < -0.3 is 24.7 Å². The van der Waals surface area contributed by atoms with Crippen LogP contribution in [0.2, 0.25) is 0 Å². The predicted molar refractivity (Wildman–Crippen MR) is 120 cm³/mol. The van der Waals surface area contributed by atoms with Crippen LogP contribution in [0.1, 0.15) is 46.8 Å². The number of aromatic nitrogens is 4. The van der Waals surface area contributed by atoms with Crippen molar-refractivity contribution in [3.8, 4) is 0 Å². The number of nitrogen functional groups attached to an aromatic ring is 1. The van der Waals surface area contributed by atoms with Crippen LogP contribution in [0.4, 0.5) is 5.82 Å². The summed E-state index contributed by atoms with van der Waals surface area (Å²) in [5, 5.41) is 0. The highest BCUT2D eigenvalue weighted by atomic mass is 16.8. The van der Waals surface area contributed by atoms with Crippen LogP contribution in [0.25, 0.3) is 11.2 Å². The van der Waals surface area contributed by atoms with Crippen LogP contribution in [0.5, 0.6) is 0 Å². The van der Waals surface area contributed by atoms with Gasteiger partial charge in [-0.15, -0.1) is 0 Å². The number of ether oxygens (including phenoxy) is 4. The molecule has 2 fully saturated rings. The zero-order valence-electron chi connectivity index (χ0n) is 20.1. The van der Waals surface area contributed by atoms with Gasteiger partial charge in [-0.1, -0.05) is 0 Å². The third-order valence-electron chi connectivity index (χ3n) is 6.61. The lowest BCUT2D eigenvalue weighted by Crippen LogP contribution is -2.54. The third-order valence-corrected chi connectivity index (χ3v) is 6.61. The summed E-state index contributed by atoms with van der Waals surface area (Å²) >= 11 is 0. The Labute approximate surface area is 193 Å². The molecule has 0 unspecified atom stereocenters. The first kappa shape index (κ1) is 23.8. The highest BCUT2D eigenvalue weighted by molar-refractivity contribution is 5.81. The van der Waals surface area contributed by atoms with E-state index in [-0.39, 0.29) is 30.1 Å². The quantitative estimate of drug-likeness (QED) is 0.579. The zero-order chi connectivity index (χ0) is 23.9. The molecule has 2 N–H and O–H groups in total. The van der Waals surface area contributed by atoms with Gasteiger partial charge in [0.1, 0.15) is 24.1 Å². The molecule has 11 nitrogen and oxygen atoms in total. The number of fused-ring (bicyclic) bond motifs is 1. The molecular weight excluding hydrogens is 428 g/mol. The Balaban J connectivity index is 1.57. The van der Waals surface area contributed by atoms with Crippen molar-refractivity contribution in [2.45, 2.75) is 76.8 Å². The molecule has 1 saturated carbocycles. The first-order valence-corrected chi connectivity index (χ1v) is 11.3. The maximum absolute atomic E-state index is 11.9. The zero-order valence-corrected chi connectivity index (χ0v) is 20.1. The Kier molecular flexibility index (Phi) is 6.59. The minimum absolute atomic E-state index is 0.0394. The first-order chi connectivity index (χ1) is 15.6. The molecule has 1 saturated heterocycles. The molecule has 2 aromatic heterocycles. The summed E-state index contributed by atoms with van der Waals surface area (Å²) in [6.07, 6.45) is 3.39. The molecule has 3 atom stereocenters. The van der Waals surface area contributed by atoms with Gasteiger partial charge in [0.05, 0.1) is 19.4 Å².